The van der Waals surface area contributed by atoms with Gasteiger partial charge in [-0.15, -0.1) is 0 Å². The van der Waals surface area contributed by atoms with Gasteiger partial charge in [-0.25, -0.2) is 8.42 Å². The van der Waals surface area contributed by atoms with Gasteiger partial charge in [-0.2, -0.15) is 0 Å². The predicted molar refractivity (Wildman–Crippen MR) is 100 cm³/mol. The predicted octanol–water partition coefficient (Wildman–Crippen LogP) is 2.16. The van der Waals surface area contributed by atoms with E-state index in [1.807, 2.05) is 6.92 Å². The molecule has 0 amide bonds. The maximum absolute atomic E-state index is 11.1. The summed E-state index contributed by atoms with van der Waals surface area (Å²) in [5.74, 6) is 0. The average Bonchev–Trinajstić information content (AvgIpc) is 2.51. The Morgan fingerprint density at radius 3 is 1.68 bits per heavy atom. The Morgan fingerprint density at radius 2 is 1.20 bits per heavy atom. The van der Waals surface area contributed by atoms with Gasteiger partial charge in [-0.05, 0) is 32.1 Å². The van der Waals surface area contributed by atoms with Crippen LogP contribution in [0.1, 0.15) is 110 Å². The van der Waals surface area contributed by atoms with Crippen molar-refractivity contribution < 1.29 is 47.6 Å². The monoisotopic (exact) mass is 386 g/mol. The van der Waals surface area contributed by atoms with Gasteiger partial charge in [0.2, 0.25) is 0 Å². The van der Waals surface area contributed by atoms with Crippen LogP contribution < -0.4 is 29.6 Å². The molecule has 0 aliphatic carbocycles. The van der Waals surface area contributed by atoms with Crippen molar-refractivity contribution in [1.29, 1.82) is 0 Å². The first-order valence-electron chi connectivity index (χ1n) is 10.0. The first-order valence-corrected chi connectivity index (χ1v) is 11.5. The number of aliphatic hydroxyl groups excluding tert-OH is 1. The second kappa shape index (κ2) is 18.2. The fourth-order valence-electron chi connectivity index (χ4n) is 3.17. The number of rotatable bonds is 17. The van der Waals surface area contributed by atoms with Crippen LogP contribution in [-0.4, -0.2) is 29.4 Å². The molecule has 0 fully saturated rings. The largest absolute Gasteiger partial charge is 1.00 e. The summed E-state index contributed by atoms with van der Waals surface area (Å²) >= 11 is 0. The van der Waals surface area contributed by atoms with E-state index in [1.165, 1.54) is 44.9 Å². The van der Waals surface area contributed by atoms with E-state index in [4.69, 9.17) is 0 Å². The van der Waals surface area contributed by atoms with E-state index >= 15 is 0 Å². The molecule has 4 nitrogen and oxygen atoms in total. The number of aliphatic hydroxyl groups is 1. The van der Waals surface area contributed by atoms with Crippen LogP contribution in [0, 0.1) is 0 Å². The molecular weight excluding hydrogens is 347 g/mol. The minimum atomic E-state index is -4.19. The minimum absolute atomic E-state index is 0. The van der Waals surface area contributed by atoms with E-state index in [1.54, 1.807) is 0 Å². The third-order valence-corrected chi connectivity index (χ3v) is 6.01. The molecule has 0 aromatic rings. The normalized spacial score (nSPS) is 14.1. The summed E-state index contributed by atoms with van der Waals surface area (Å²) in [6.07, 6.45) is 14.6. The SMILES string of the molecule is CCCCCCCCCCCC(O)CCCC(CCC)S(=O)(=O)[O-].[Na+]. The molecule has 2 atom stereocenters. The van der Waals surface area contributed by atoms with Crippen molar-refractivity contribution in [3.8, 4) is 0 Å². The van der Waals surface area contributed by atoms with E-state index in [9.17, 15) is 18.1 Å². The standard InChI is InChI=1S/C19H40O4S.Na/c1-3-5-6-7-8-9-10-11-12-15-18(20)16-13-17-19(14-4-2)24(21,22)23;/h18-20H,3-17H2,1-2H3,(H,21,22,23);/q;+1/p-1. The van der Waals surface area contributed by atoms with Crippen molar-refractivity contribution >= 4 is 10.1 Å². The van der Waals surface area contributed by atoms with Crippen molar-refractivity contribution in [3.63, 3.8) is 0 Å². The van der Waals surface area contributed by atoms with Gasteiger partial charge in [-0.1, -0.05) is 78.1 Å². The van der Waals surface area contributed by atoms with Gasteiger partial charge < -0.3 is 9.66 Å². The van der Waals surface area contributed by atoms with Crippen LogP contribution in [0.15, 0.2) is 0 Å². The Bertz CT molecular complexity index is 374. The molecule has 0 spiro atoms. The van der Waals surface area contributed by atoms with Gasteiger partial charge in [0.1, 0.15) is 0 Å². The van der Waals surface area contributed by atoms with Crippen molar-refractivity contribution in [1.82, 2.24) is 0 Å². The van der Waals surface area contributed by atoms with Crippen molar-refractivity contribution in [3.05, 3.63) is 0 Å². The molecule has 0 saturated carbocycles. The quantitative estimate of drug-likeness (QED) is 0.236. The molecule has 0 radical (unpaired) electrons. The fraction of sp³-hybridized carbons (Fsp3) is 1.00. The fourth-order valence-corrected chi connectivity index (χ4v) is 4.15. The number of hydrogen-bond acceptors (Lipinski definition) is 4. The van der Waals surface area contributed by atoms with Gasteiger partial charge in [0.15, 0.2) is 0 Å². The smallest absolute Gasteiger partial charge is 0.748 e. The maximum atomic E-state index is 11.1. The zero-order valence-corrected chi connectivity index (χ0v) is 19.7. The van der Waals surface area contributed by atoms with Crippen molar-refractivity contribution in [2.24, 2.45) is 0 Å². The van der Waals surface area contributed by atoms with E-state index in [0.717, 1.165) is 19.3 Å². The molecule has 0 aliphatic rings. The summed E-state index contributed by atoms with van der Waals surface area (Å²) in [4.78, 5) is 0. The van der Waals surface area contributed by atoms with Gasteiger partial charge in [0.05, 0.1) is 16.2 Å². The van der Waals surface area contributed by atoms with E-state index in [0.29, 0.717) is 32.1 Å². The molecule has 6 heteroatoms. The van der Waals surface area contributed by atoms with Crippen LogP contribution in [0.5, 0.6) is 0 Å². The van der Waals surface area contributed by atoms with E-state index in [2.05, 4.69) is 6.92 Å². The van der Waals surface area contributed by atoms with Crippen LogP contribution in [-0.2, 0) is 10.1 Å². The molecule has 0 aromatic carbocycles. The third-order valence-electron chi connectivity index (χ3n) is 4.72. The number of hydrogen-bond donors (Lipinski definition) is 1. The van der Waals surface area contributed by atoms with E-state index < -0.39 is 15.4 Å². The van der Waals surface area contributed by atoms with E-state index in [-0.39, 0.29) is 35.7 Å². The molecule has 0 bridgehead atoms. The molecule has 146 valence electrons. The Balaban J connectivity index is 0. The van der Waals surface area contributed by atoms with Crippen LogP contribution in [0.2, 0.25) is 0 Å². The van der Waals surface area contributed by atoms with Gasteiger partial charge in [0, 0.05) is 5.25 Å². The summed E-state index contributed by atoms with van der Waals surface area (Å²) < 4.78 is 33.4. The summed E-state index contributed by atoms with van der Waals surface area (Å²) in [5, 5.41) is 9.19. The zero-order chi connectivity index (χ0) is 18.3. The van der Waals surface area contributed by atoms with Crippen LogP contribution in [0.3, 0.4) is 0 Å². The second-order valence-corrected chi connectivity index (χ2v) is 8.76. The molecule has 0 saturated heterocycles. The van der Waals surface area contributed by atoms with Crippen molar-refractivity contribution in [2.45, 2.75) is 122 Å². The van der Waals surface area contributed by atoms with Crippen LogP contribution >= 0.6 is 0 Å². The molecule has 0 heterocycles. The minimum Gasteiger partial charge on any atom is -0.748 e. The van der Waals surface area contributed by atoms with Gasteiger partial charge in [0.25, 0.3) is 0 Å². The Hall–Kier alpha value is 0.870. The maximum Gasteiger partial charge on any atom is 1.00 e. The zero-order valence-electron chi connectivity index (χ0n) is 16.8. The van der Waals surface area contributed by atoms with Gasteiger partial charge in [-0.3, -0.25) is 0 Å². The second-order valence-electron chi connectivity index (χ2n) is 7.11. The molecule has 0 aliphatic heterocycles. The molecule has 25 heavy (non-hydrogen) atoms. The molecule has 0 aromatic heterocycles. The molecule has 2 unspecified atom stereocenters. The topological polar surface area (TPSA) is 77.4 Å². The summed E-state index contributed by atoms with van der Waals surface area (Å²) in [5.41, 5.74) is 0. The van der Waals surface area contributed by atoms with Crippen LogP contribution in [0.25, 0.3) is 0 Å². The first-order chi connectivity index (χ1) is 11.4. The Morgan fingerprint density at radius 1 is 0.720 bits per heavy atom. The van der Waals surface area contributed by atoms with Gasteiger partial charge >= 0.3 is 29.6 Å². The number of unbranched alkanes of at least 4 members (excludes halogenated alkanes) is 8. The van der Waals surface area contributed by atoms with Crippen molar-refractivity contribution in [2.75, 3.05) is 0 Å². The molecule has 0 rings (SSSR count). The summed E-state index contributed by atoms with van der Waals surface area (Å²) in [6, 6.07) is 0. The molecule has 1 N–H and O–H groups in total. The Kier molecular flexibility index (Phi) is 20.5. The Labute approximate surface area is 178 Å². The third kappa shape index (κ3) is 18.0. The molecular formula is C19H39NaO4S. The first kappa shape index (κ1) is 28.1. The average molecular weight is 387 g/mol. The summed E-state index contributed by atoms with van der Waals surface area (Å²) in [7, 11) is -4.19. The summed E-state index contributed by atoms with van der Waals surface area (Å²) in [6.45, 7) is 4.12. The van der Waals surface area contributed by atoms with Crippen LogP contribution in [0.4, 0.5) is 0 Å².